The molecular formula is C17H15ClN2OS2. The normalized spacial score (nSPS) is 10.9. The first-order valence-electron chi connectivity index (χ1n) is 7.18. The fourth-order valence-corrected chi connectivity index (χ4v) is 4.01. The molecule has 3 aromatic rings. The summed E-state index contributed by atoms with van der Waals surface area (Å²) in [6.07, 6.45) is 0. The predicted octanol–water partition coefficient (Wildman–Crippen LogP) is 5.62. The SMILES string of the molecule is CCSc1cccc(C(=O)Nc2nc3c(C)c(Cl)ccc3s2)c1. The number of carbonyl (C=O) groups is 1. The van der Waals surface area contributed by atoms with Crippen LogP contribution in [0.15, 0.2) is 41.3 Å². The maximum atomic E-state index is 12.4. The highest BCUT2D eigenvalue weighted by Crippen LogP contribution is 2.32. The van der Waals surface area contributed by atoms with Crippen LogP contribution in [0.4, 0.5) is 5.13 Å². The molecule has 6 heteroatoms. The van der Waals surface area contributed by atoms with Crippen molar-refractivity contribution in [3.8, 4) is 0 Å². The number of aromatic nitrogens is 1. The number of fused-ring (bicyclic) bond motifs is 1. The van der Waals surface area contributed by atoms with Crippen LogP contribution < -0.4 is 5.32 Å². The van der Waals surface area contributed by atoms with Gasteiger partial charge in [0.2, 0.25) is 0 Å². The Morgan fingerprint density at radius 1 is 1.35 bits per heavy atom. The average Bonchev–Trinajstić information content (AvgIpc) is 2.95. The zero-order chi connectivity index (χ0) is 16.4. The summed E-state index contributed by atoms with van der Waals surface area (Å²) >= 11 is 9.28. The van der Waals surface area contributed by atoms with Gasteiger partial charge in [-0.2, -0.15) is 0 Å². The first kappa shape index (κ1) is 16.3. The van der Waals surface area contributed by atoms with E-state index >= 15 is 0 Å². The molecule has 0 aliphatic heterocycles. The summed E-state index contributed by atoms with van der Waals surface area (Å²) in [5.74, 6) is 0.828. The number of benzene rings is 2. The van der Waals surface area contributed by atoms with E-state index in [1.54, 1.807) is 11.8 Å². The van der Waals surface area contributed by atoms with Crippen LogP contribution in [0.1, 0.15) is 22.8 Å². The first-order valence-corrected chi connectivity index (χ1v) is 9.36. The van der Waals surface area contributed by atoms with Gasteiger partial charge >= 0.3 is 0 Å². The number of thioether (sulfide) groups is 1. The lowest BCUT2D eigenvalue weighted by Gasteiger charge is -2.04. The van der Waals surface area contributed by atoms with Crippen molar-refractivity contribution in [3.05, 3.63) is 52.5 Å². The summed E-state index contributed by atoms with van der Waals surface area (Å²) in [7, 11) is 0. The summed E-state index contributed by atoms with van der Waals surface area (Å²) in [5.41, 5.74) is 2.41. The molecule has 0 spiro atoms. The van der Waals surface area contributed by atoms with Crippen LogP contribution in [0, 0.1) is 6.92 Å². The van der Waals surface area contributed by atoms with Gasteiger partial charge in [-0.3, -0.25) is 10.1 Å². The van der Waals surface area contributed by atoms with Crippen molar-refractivity contribution in [1.82, 2.24) is 4.98 Å². The van der Waals surface area contributed by atoms with E-state index in [1.807, 2.05) is 43.3 Å². The lowest BCUT2D eigenvalue weighted by Crippen LogP contribution is -2.11. The van der Waals surface area contributed by atoms with Crippen LogP contribution in [0.25, 0.3) is 10.2 Å². The molecule has 0 aliphatic carbocycles. The maximum absolute atomic E-state index is 12.4. The Morgan fingerprint density at radius 2 is 2.17 bits per heavy atom. The van der Waals surface area contributed by atoms with Crippen LogP contribution in [-0.4, -0.2) is 16.6 Å². The Kier molecular flexibility index (Phi) is 4.90. The maximum Gasteiger partial charge on any atom is 0.257 e. The summed E-state index contributed by atoms with van der Waals surface area (Å²) in [5, 5.41) is 4.15. The number of amides is 1. The molecule has 1 N–H and O–H groups in total. The van der Waals surface area contributed by atoms with Crippen molar-refractivity contribution in [1.29, 1.82) is 0 Å². The van der Waals surface area contributed by atoms with Gasteiger partial charge in [-0.05, 0) is 48.6 Å². The number of hydrogen-bond donors (Lipinski definition) is 1. The fraction of sp³-hybridized carbons (Fsp3) is 0.176. The van der Waals surface area contributed by atoms with Crippen LogP contribution in [-0.2, 0) is 0 Å². The second kappa shape index (κ2) is 6.91. The summed E-state index contributed by atoms with van der Waals surface area (Å²) in [6, 6.07) is 11.4. The molecule has 0 radical (unpaired) electrons. The van der Waals surface area contributed by atoms with E-state index in [4.69, 9.17) is 11.6 Å². The summed E-state index contributed by atoms with van der Waals surface area (Å²) in [6.45, 7) is 4.02. The minimum Gasteiger partial charge on any atom is -0.298 e. The molecular weight excluding hydrogens is 348 g/mol. The van der Waals surface area contributed by atoms with Gasteiger partial charge in [0.05, 0.1) is 10.2 Å². The molecule has 0 fully saturated rings. The molecule has 2 aromatic carbocycles. The van der Waals surface area contributed by atoms with E-state index in [0.717, 1.165) is 26.4 Å². The van der Waals surface area contributed by atoms with Gasteiger partial charge in [-0.1, -0.05) is 35.9 Å². The van der Waals surface area contributed by atoms with Crippen molar-refractivity contribution in [3.63, 3.8) is 0 Å². The Balaban J connectivity index is 1.85. The minimum absolute atomic E-state index is 0.147. The molecule has 3 rings (SSSR count). The third-order valence-corrected chi connectivity index (χ3v) is 5.60. The third kappa shape index (κ3) is 3.52. The lowest BCUT2D eigenvalue weighted by atomic mass is 10.2. The highest BCUT2D eigenvalue weighted by molar-refractivity contribution is 7.99. The standard InChI is InChI=1S/C17H15ClN2OS2/c1-3-22-12-6-4-5-11(9-12)16(21)20-17-19-15-10(2)13(18)7-8-14(15)23-17/h4-9H,3H2,1-2H3,(H,19,20,21). The third-order valence-electron chi connectivity index (χ3n) is 3.38. The van der Waals surface area contributed by atoms with Gasteiger partial charge in [0, 0.05) is 15.5 Å². The van der Waals surface area contributed by atoms with Gasteiger partial charge < -0.3 is 0 Å². The van der Waals surface area contributed by atoms with Gasteiger partial charge in [-0.25, -0.2) is 4.98 Å². The monoisotopic (exact) mass is 362 g/mol. The molecule has 0 aliphatic rings. The van der Waals surface area contributed by atoms with E-state index in [9.17, 15) is 4.79 Å². The van der Waals surface area contributed by atoms with Crippen LogP contribution in [0.3, 0.4) is 0 Å². The van der Waals surface area contributed by atoms with Gasteiger partial charge in [0.25, 0.3) is 5.91 Å². The highest BCUT2D eigenvalue weighted by Gasteiger charge is 2.12. The second-order valence-corrected chi connectivity index (χ2v) is 7.73. The van der Waals surface area contributed by atoms with E-state index in [0.29, 0.717) is 15.7 Å². The fourth-order valence-electron chi connectivity index (χ4n) is 2.22. The van der Waals surface area contributed by atoms with E-state index < -0.39 is 0 Å². The van der Waals surface area contributed by atoms with Crippen molar-refractivity contribution >= 4 is 56.0 Å². The number of aryl methyl sites for hydroxylation is 1. The Labute approximate surface area is 148 Å². The number of nitrogens with zero attached hydrogens (tertiary/aromatic N) is 1. The molecule has 0 atom stereocenters. The Bertz CT molecular complexity index is 876. The number of anilines is 1. The molecule has 0 saturated heterocycles. The molecule has 0 saturated carbocycles. The van der Waals surface area contributed by atoms with E-state index in [2.05, 4.69) is 17.2 Å². The predicted molar refractivity (Wildman–Crippen MR) is 100 cm³/mol. The number of carbonyl (C=O) groups excluding carboxylic acids is 1. The van der Waals surface area contributed by atoms with Gasteiger partial charge in [0.15, 0.2) is 5.13 Å². The quantitative estimate of drug-likeness (QED) is 0.612. The molecule has 1 aromatic heterocycles. The average molecular weight is 363 g/mol. The number of thiazole rings is 1. The topological polar surface area (TPSA) is 42.0 Å². The minimum atomic E-state index is -0.147. The van der Waals surface area contributed by atoms with Crippen molar-refractivity contribution in [2.24, 2.45) is 0 Å². The van der Waals surface area contributed by atoms with Crippen LogP contribution >= 0.6 is 34.7 Å². The van der Waals surface area contributed by atoms with Crippen molar-refractivity contribution in [2.45, 2.75) is 18.7 Å². The molecule has 0 unspecified atom stereocenters. The molecule has 0 bridgehead atoms. The zero-order valence-electron chi connectivity index (χ0n) is 12.7. The number of nitrogens with one attached hydrogen (secondary N) is 1. The number of halogens is 1. The molecule has 3 nitrogen and oxygen atoms in total. The Morgan fingerprint density at radius 3 is 2.96 bits per heavy atom. The van der Waals surface area contributed by atoms with Crippen molar-refractivity contribution < 1.29 is 4.79 Å². The lowest BCUT2D eigenvalue weighted by molar-refractivity contribution is 0.102. The van der Waals surface area contributed by atoms with Crippen LogP contribution in [0.2, 0.25) is 5.02 Å². The highest BCUT2D eigenvalue weighted by atomic mass is 35.5. The van der Waals surface area contributed by atoms with E-state index in [-0.39, 0.29) is 5.91 Å². The van der Waals surface area contributed by atoms with Gasteiger partial charge in [-0.15, -0.1) is 11.8 Å². The van der Waals surface area contributed by atoms with Gasteiger partial charge in [0.1, 0.15) is 0 Å². The summed E-state index contributed by atoms with van der Waals surface area (Å²) in [4.78, 5) is 18.0. The van der Waals surface area contributed by atoms with Crippen LogP contribution in [0.5, 0.6) is 0 Å². The molecule has 1 amide bonds. The smallest absolute Gasteiger partial charge is 0.257 e. The molecule has 1 heterocycles. The first-order chi connectivity index (χ1) is 11.1. The largest absolute Gasteiger partial charge is 0.298 e. The number of hydrogen-bond acceptors (Lipinski definition) is 4. The second-order valence-electron chi connectivity index (χ2n) is 4.95. The Hall–Kier alpha value is -1.56. The molecule has 23 heavy (non-hydrogen) atoms. The zero-order valence-corrected chi connectivity index (χ0v) is 15.1. The number of rotatable bonds is 4. The van der Waals surface area contributed by atoms with Crippen molar-refractivity contribution in [2.75, 3.05) is 11.1 Å². The van der Waals surface area contributed by atoms with E-state index in [1.165, 1.54) is 11.3 Å². The summed E-state index contributed by atoms with van der Waals surface area (Å²) < 4.78 is 1.01. The molecule has 118 valence electrons.